The number of hydrogen-bond acceptors (Lipinski definition) is 4. The lowest BCUT2D eigenvalue weighted by atomic mass is 9.82. The first-order valence-corrected chi connectivity index (χ1v) is 8.93. The lowest BCUT2D eigenvalue weighted by Gasteiger charge is -2.32. The van der Waals surface area contributed by atoms with Crippen LogP contribution in [0.25, 0.3) is 0 Å². The van der Waals surface area contributed by atoms with Crippen molar-refractivity contribution < 1.29 is 23.1 Å². The molecule has 0 bridgehead atoms. The Morgan fingerprint density at radius 3 is 2.88 bits per heavy atom. The minimum Gasteiger partial charge on any atom is -0.467 e. The van der Waals surface area contributed by atoms with E-state index in [1.54, 1.807) is 17.2 Å². The van der Waals surface area contributed by atoms with Crippen LogP contribution in [0.4, 0.5) is 4.39 Å². The van der Waals surface area contributed by atoms with Gasteiger partial charge >= 0.3 is 0 Å². The predicted molar refractivity (Wildman–Crippen MR) is 86.1 cm³/mol. The molecule has 3 atom stereocenters. The maximum absolute atomic E-state index is 13.0. The molecule has 1 aromatic rings. The quantitative estimate of drug-likeness (QED) is 0.874. The molecule has 0 radical (unpaired) electrons. The fraction of sp³-hybridized carbons (Fsp3) is 0.667. The van der Waals surface area contributed by atoms with Gasteiger partial charge < -0.3 is 19.4 Å². The van der Waals surface area contributed by atoms with Gasteiger partial charge in [-0.05, 0) is 30.9 Å². The van der Waals surface area contributed by atoms with Crippen LogP contribution < -0.4 is 5.32 Å². The molecule has 1 aliphatic carbocycles. The van der Waals surface area contributed by atoms with E-state index in [0.29, 0.717) is 45.5 Å². The number of rotatable bonds is 5. The van der Waals surface area contributed by atoms with Crippen LogP contribution in [0.1, 0.15) is 25.0 Å². The molecule has 3 fully saturated rings. The van der Waals surface area contributed by atoms with Crippen LogP contribution in [0.15, 0.2) is 22.8 Å². The minimum atomic E-state index is -0.821. The predicted octanol–water partition coefficient (Wildman–Crippen LogP) is 1.51. The van der Waals surface area contributed by atoms with Gasteiger partial charge in [0, 0.05) is 31.3 Å². The minimum absolute atomic E-state index is 0.00748. The van der Waals surface area contributed by atoms with Gasteiger partial charge in [0.05, 0.1) is 25.5 Å². The number of nitrogens with one attached hydrogen (secondary N) is 1. The summed E-state index contributed by atoms with van der Waals surface area (Å²) in [5.41, 5.74) is 0. The Morgan fingerprint density at radius 2 is 2.16 bits per heavy atom. The number of nitrogens with zero attached hydrogens (tertiary/aromatic N) is 1. The van der Waals surface area contributed by atoms with E-state index in [4.69, 9.17) is 9.15 Å². The molecule has 7 heteroatoms. The average Bonchev–Trinajstić information content (AvgIpc) is 3.27. The third-order valence-electron chi connectivity index (χ3n) is 5.67. The monoisotopic (exact) mass is 350 g/mol. The van der Waals surface area contributed by atoms with Gasteiger partial charge in [0.15, 0.2) is 0 Å². The summed E-state index contributed by atoms with van der Waals surface area (Å²) >= 11 is 0. The molecule has 4 rings (SSSR count). The molecule has 6 nitrogen and oxygen atoms in total. The van der Waals surface area contributed by atoms with E-state index >= 15 is 0 Å². The summed E-state index contributed by atoms with van der Waals surface area (Å²) < 4.78 is 24.0. The Bertz CT molecular complexity index is 629. The highest BCUT2D eigenvalue weighted by Gasteiger charge is 2.48. The van der Waals surface area contributed by atoms with E-state index in [9.17, 15) is 14.0 Å². The molecule has 0 aromatic carbocycles. The van der Waals surface area contributed by atoms with Crippen LogP contribution in [0, 0.1) is 17.8 Å². The standard InChI is InChI=1S/C18H23FN2O4/c19-13-4-11(5-13)18(23)21-8-15-12(10-25-16(15)9-21)6-17(22)20-7-14-2-1-3-24-14/h1-3,11-13,15-16H,4-10H2,(H,20,22)/t11?,12-,13?,15-,16-/m1/s1. The van der Waals surface area contributed by atoms with Crippen LogP contribution in [0.3, 0.4) is 0 Å². The maximum Gasteiger partial charge on any atom is 0.225 e. The first kappa shape index (κ1) is 16.6. The van der Waals surface area contributed by atoms with Crippen molar-refractivity contribution in [2.45, 2.75) is 38.1 Å². The van der Waals surface area contributed by atoms with Crippen molar-refractivity contribution in [1.29, 1.82) is 0 Å². The van der Waals surface area contributed by atoms with Crippen LogP contribution in [0.2, 0.25) is 0 Å². The van der Waals surface area contributed by atoms with E-state index < -0.39 is 6.17 Å². The van der Waals surface area contributed by atoms with Gasteiger partial charge in [0.2, 0.25) is 11.8 Å². The summed E-state index contributed by atoms with van der Waals surface area (Å²) in [5.74, 6) is 0.888. The van der Waals surface area contributed by atoms with Gasteiger partial charge in [0.1, 0.15) is 11.9 Å². The van der Waals surface area contributed by atoms with Crippen molar-refractivity contribution in [1.82, 2.24) is 10.2 Å². The fourth-order valence-electron chi connectivity index (χ4n) is 4.11. The number of ether oxygens (including phenoxy) is 1. The molecule has 1 aromatic heterocycles. The number of carbonyl (C=O) groups excluding carboxylic acids is 2. The zero-order valence-corrected chi connectivity index (χ0v) is 14.0. The number of amides is 2. The van der Waals surface area contributed by atoms with Gasteiger partial charge in [-0.2, -0.15) is 0 Å². The molecule has 2 amide bonds. The van der Waals surface area contributed by atoms with Gasteiger partial charge in [-0.1, -0.05) is 0 Å². The zero-order valence-electron chi connectivity index (χ0n) is 14.0. The molecule has 2 saturated heterocycles. The molecular weight excluding hydrogens is 327 g/mol. The highest BCUT2D eigenvalue weighted by atomic mass is 19.1. The molecular formula is C18H23FN2O4. The molecule has 3 aliphatic rings. The normalized spacial score (nSPS) is 33.8. The highest BCUT2D eigenvalue weighted by Crippen LogP contribution is 2.38. The fourth-order valence-corrected chi connectivity index (χ4v) is 4.11. The molecule has 2 aliphatic heterocycles. The van der Waals surface area contributed by atoms with Gasteiger partial charge in [-0.3, -0.25) is 9.59 Å². The molecule has 0 spiro atoms. The first-order valence-electron chi connectivity index (χ1n) is 8.93. The van der Waals surface area contributed by atoms with E-state index in [0.717, 1.165) is 5.76 Å². The molecule has 1 N–H and O–H groups in total. The van der Waals surface area contributed by atoms with Crippen LogP contribution >= 0.6 is 0 Å². The Hall–Kier alpha value is -1.89. The third-order valence-corrected chi connectivity index (χ3v) is 5.67. The number of alkyl halides is 1. The lowest BCUT2D eigenvalue weighted by molar-refractivity contribution is -0.140. The van der Waals surface area contributed by atoms with Gasteiger partial charge in [-0.25, -0.2) is 4.39 Å². The highest BCUT2D eigenvalue weighted by molar-refractivity contribution is 5.80. The molecule has 3 heterocycles. The second-order valence-electron chi connectivity index (χ2n) is 7.36. The maximum atomic E-state index is 13.0. The average molecular weight is 350 g/mol. The van der Waals surface area contributed by atoms with Crippen LogP contribution in [0.5, 0.6) is 0 Å². The van der Waals surface area contributed by atoms with Crippen molar-refractivity contribution in [2.75, 3.05) is 19.7 Å². The van der Waals surface area contributed by atoms with Crippen molar-refractivity contribution in [3.8, 4) is 0 Å². The summed E-state index contributed by atoms with van der Waals surface area (Å²) in [4.78, 5) is 26.4. The van der Waals surface area contributed by atoms with Crippen molar-refractivity contribution in [3.63, 3.8) is 0 Å². The van der Waals surface area contributed by atoms with E-state index in [-0.39, 0.29) is 35.7 Å². The second-order valence-corrected chi connectivity index (χ2v) is 7.36. The lowest BCUT2D eigenvalue weighted by Crippen LogP contribution is -2.42. The molecule has 0 unspecified atom stereocenters. The number of furan rings is 1. The number of likely N-dealkylation sites (tertiary alicyclic amines) is 1. The van der Waals surface area contributed by atoms with E-state index in [1.807, 2.05) is 6.07 Å². The third kappa shape index (κ3) is 3.42. The SMILES string of the molecule is O=C(C[C@@H]1CO[C@@H]2CN(C(=O)C3CC(F)C3)C[C@H]12)NCc1ccco1. The van der Waals surface area contributed by atoms with Crippen molar-refractivity contribution in [2.24, 2.45) is 17.8 Å². The first-order chi connectivity index (χ1) is 12.1. The number of carbonyl (C=O) groups is 2. The molecule has 25 heavy (non-hydrogen) atoms. The number of fused-ring (bicyclic) bond motifs is 1. The number of halogens is 1. The largest absolute Gasteiger partial charge is 0.467 e. The van der Waals surface area contributed by atoms with Gasteiger partial charge in [-0.15, -0.1) is 0 Å². The van der Waals surface area contributed by atoms with E-state index in [1.165, 1.54) is 0 Å². The zero-order chi connectivity index (χ0) is 17.4. The van der Waals surface area contributed by atoms with Crippen LogP contribution in [-0.2, 0) is 20.9 Å². The Balaban J connectivity index is 1.26. The summed E-state index contributed by atoms with van der Waals surface area (Å²) in [6.07, 6.45) is 1.86. The summed E-state index contributed by atoms with van der Waals surface area (Å²) in [7, 11) is 0. The van der Waals surface area contributed by atoms with E-state index in [2.05, 4.69) is 5.32 Å². The summed E-state index contributed by atoms with van der Waals surface area (Å²) in [6.45, 7) is 2.13. The smallest absolute Gasteiger partial charge is 0.225 e. The van der Waals surface area contributed by atoms with Crippen LogP contribution in [-0.4, -0.2) is 48.7 Å². The Kier molecular flexibility index (Phi) is 4.50. The molecule has 136 valence electrons. The summed E-state index contributed by atoms with van der Waals surface area (Å²) in [5, 5.41) is 2.86. The Morgan fingerprint density at radius 1 is 1.32 bits per heavy atom. The summed E-state index contributed by atoms with van der Waals surface area (Å²) in [6, 6.07) is 3.60. The molecule has 1 saturated carbocycles. The number of hydrogen-bond donors (Lipinski definition) is 1. The van der Waals surface area contributed by atoms with Gasteiger partial charge in [0.25, 0.3) is 0 Å². The van der Waals surface area contributed by atoms with Crippen molar-refractivity contribution >= 4 is 11.8 Å². The topological polar surface area (TPSA) is 71.8 Å². The van der Waals surface area contributed by atoms with Crippen molar-refractivity contribution in [3.05, 3.63) is 24.2 Å². The second kappa shape index (κ2) is 6.78. The Labute approximate surface area is 145 Å².